The number of sulfonamides is 1. The van der Waals surface area contributed by atoms with Crippen LogP contribution in [0.15, 0.2) is 46.5 Å². The van der Waals surface area contributed by atoms with Crippen molar-refractivity contribution in [2.45, 2.75) is 23.9 Å². The van der Waals surface area contributed by atoms with Crippen LogP contribution in [0.4, 0.5) is 5.69 Å². The average Bonchev–Trinajstić information content (AvgIpc) is 2.92. The Morgan fingerprint density at radius 3 is 2.70 bits per heavy atom. The highest BCUT2D eigenvalue weighted by Crippen LogP contribution is 2.25. The molecular weight excluding hydrogens is 384 g/mol. The molecule has 1 amide bonds. The molecule has 3 aromatic rings. The number of anilines is 1. The first-order valence-corrected chi connectivity index (χ1v) is 10.7. The molecule has 0 aliphatic heterocycles. The van der Waals surface area contributed by atoms with Gasteiger partial charge in [0.1, 0.15) is 0 Å². The summed E-state index contributed by atoms with van der Waals surface area (Å²) in [4.78, 5) is 16.7. The van der Waals surface area contributed by atoms with Crippen LogP contribution in [0.1, 0.15) is 11.1 Å². The number of nitrogens with one attached hydrogen (secondary N) is 1. The summed E-state index contributed by atoms with van der Waals surface area (Å²) in [5, 5.41) is 8.70. The van der Waals surface area contributed by atoms with E-state index >= 15 is 0 Å². The first-order chi connectivity index (χ1) is 12.7. The first kappa shape index (κ1) is 19.4. The van der Waals surface area contributed by atoms with Crippen molar-refractivity contribution in [1.29, 1.82) is 0 Å². The number of thioether (sulfide) groups is 1. The number of aromatic nitrogens is 2. The summed E-state index contributed by atoms with van der Waals surface area (Å²) in [6, 6.07) is 10.3. The van der Waals surface area contributed by atoms with Crippen LogP contribution in [0.3, 0.4) is 0 Å². The quantitative estimate of drug-likeness (QED) is 0.636. The number of hydrogen-bond donors (Lipinski definition) is 2. The van der Waals surface area contributed by atoms with Crippen LogP contribution >= 0.6 is 11.8 Å². The van der Waals surface area contributed by atoms with Crippen molar-refractivity contribution in [2.75, 3.05) is 11.1 Å². The van der Waals surface area contributed by atoms with Gasteiger partial charge in [-0.3, -0.25) is 4.79 Å². The second-order valence-electron chi connectivity index (χ2n) is 6.23. The minimum absolute atomic E-state index is 0.0114. The van der Waals surface area contributed by atoms with Gasteiger partial charge >= 0.3 is 0 Å². The standard InChI is InChI=1S/C18H20N4O3S2/c1-11-5-4-6-14(12(11)2)20-17(23)10-26-18-21-15-9-13(27(19,24)25)7-8-16(15)22(18)3/h4-9H,10H2,1-3H3,(H,20,23)(H2,19,24,25). The minimum atomic E-state index is -3.79. The van der Waals surface area contributed by atoms with E-state index in [0.717, 1.165) is 22.3 Å². The summed E-state index contributed by atoms with van der Waals surface area (Å²) in [5.74, 6) is 0.0537. The Morgan fingerprint density at radius 2 is 2.00 bits per heavy atom. The van der Waals surface area contributed by atoms with Gasteiger partial charge in [-0.2, -0.15) is 0 Å². The average molecular weight is 405 g/mol. The molecule has 1 aromatic heterocycles. The largest absolute Gasteiger partial charge is 0.325 e. The summed E-state index contributed by atoms with van der Waals surface area (Å²) in [6.45, 7) is 3.96. The van der Waals surface area contributed by atoms with Gasteiger partial charge in [-0.25, -0.2) is 18.5 Å². The van der Waals surface area contributed by atoms with Crippen molar-refractivity contribution in [1.82, 2.24) is 9.55 Å². The van der Waals surface area contributed by atoms with Crippen molar-refractivity contribution in [3.63, 3.8) is 0 Å². The Labute approximate surface area is 162 Å². The molecule has 0 unspecified atom stereocenters. The van der Waals surface area contributed by atoms with Crippen molar-refractivity contribution in [3.8, 4) is 0 Å². The van der Waals surface area contributed by atoms with E-state index < -0.39 is 10.0 Å². The fourth-order valence-electron chi connectivity index (χ4n) is 2.67. The number of nitrogens with zero attached hydrogens (tertiary/aromatic N) is 2. The van der Waals surface area contributed by atoms with E-state index in [2.05, 4.69) is 10.3 Å². The Hall–Kier alpha value is -2.36. The predicted molar refractivity (Wildman–Crippen MR) is 107 cm³/mol. The molecule has 0 aliphatic carbocycles. The number of imidazole rings is 1. The molecule has 0 aliphatic rings. The third kappa shape index (κ3) is 4.15. The third-order valence-corrected chi connectivity index (χ3v) is 6.29. The van der Waals surface area contributed by atoms with Crippen LogP contribution in [-0.4, -0.2) is 29.6 Å². The van der Waals surface area contributed by atoms with Crippen LogP contribution in [0.25, 0.3) is 11.0 Å². The van der Waals surface area contributed by atoms with E-state index in [9.17, 15) is 13.2 Å². The Morgan fingerprint density at radius 1 is 1.26 bits per heavy atom. The van der Waals surface area contributed by atoms with Gasteiger partial charge in [0.2, 0.25) is 15.9 Å². The number of fused-ring (bicyclic) bond motifs is 1. The summed E-state index contributed by atoms with van der Waals surface area (Å²) in [5.41, 5.74) is 4.22. The highest BCUT2D eigenvalue weighted by molar-refractivity contribution is 7.99. The minimum Gasteiger partial charge on any atom is -0.325 e. The number of aryl methyl sites for hydroxylation is 2. The number of carbonyl (C=O) groups is 1. The van der Waals surface area contributed by atoms with Crippen molar-refractivity contribution in [3.05, 3.63) is 47.5 Å². The van der Waals surface area contributed by atoms with Crippen LogP contribution < -0.4 is 10.5 Å². The van der Waals surface area contributed by atoms with Crippen LogP contribution in [-0.2, 0) is 21.9 Å². The zero-order valence-electron chi connectivity index (χ0n) is 15.2. The molecule has 27 heavy (non-hydrogen) atoms. The maximum atomic E-state index is 12.3. The lowest BCUT2D eigenvalue weighted by atomic mass is 10.1. The summed E-state index contributed by atoms with van der Waals surface area (Å²) in [6.07, 6.45) is 0. The molecule has 0 atom stereocenters. The van der Waals surface area contributed by atoms with Gasteiger partial charge < -0.3 is 9.88 Å². The van der Waals surface area contributed by atoms with E-state index in [0.29, 0.717) is 10.7 Å². The number of hydrogen-bond acceptors (Lipinski definition) is 5. The molecule has 9 heteroatoms. The maximum Gasteiger partial charge on any atom is 0.238 e. The van der Waals surface area contributed by atoms with Gasteiger partial charge in [0.25, 0.3) is 0 Å². The second kappa shape index (κ2) is 7.34. The molecule has 0 fully saturated rings. The SMILES string of the molecule is Cc1cccc(NC(=O)CSc2nc3cc(S(N)(=O)=O)ccc3n2C)c1C. The van der Waals surface area contributed by atoms with E-state index in [1.807, 2.05) is 43.7 Å². The highest BCUT2D eigenvalue weighted by atomic mass is 32.2. The van der Waals surface area contributed by atoms with Gasteiger partial charge in [-0.15, -0.1) is 0 Å². The Balaban J connectivity index is 1.75. The molecule has 0 saturated heterocycles. The van der Waals surface area contributed by atoms with Crippen molar-refractivity contribution >= 4 is 44.4 Å². The smallest absolute Gasteiger partial charge is 0.238 e. The molecule has 142 valence electrons. The number of rotatable bonds is 5. The number of benzene rings is 2. The zero-order valence-corrected chi connectivity index (χ0v) is 16.8. The molecule has 7 nitrogen and oxygen atoms in total. The Bertz CT molecular complexity index is 1140. The number of primary sulfonamides is 1. The topological polar surface area (TPSA) is 107 Å². The first-order valence-electron chi connectivity index (χ1n) is 8.15. The summed E-state index contributed by atoms with van der Waals surface area (Å²) < 4.78 is 24.8. The fourth-order valence-corrected chi connectivity index (χ4v) is 3.99. The van der Waals surface area contributed by atoms with Gasteiger partial charge in [0.05, 0.1) is 21.7 Å². The van der Waals surface area contributed by atoms with E-state index in [-0.39, 0.29) is 16.6 Å². The molecule has 3 N–H and O–H groups in total. The molecule has 2 aromatic carbocycles. The molecule has 0 radical (unpaired) electrons. The van der Waals surface area contributed by atoms with E-state index in [1.165, 1.54) is 23.9 Å². The van der Waals surface area contributed by atoms with Crippen LogP contribution in [0.2, 0.25) is 0 Å². The molecule has 0 spiro atoms. The van der Waals surface area contributed by atoms with Gasteiger partial charge in [-0.05, 0) is 49.2 Å². The lowest BCUT2D eigenvalue weighted by Gasteiger charge is -2.10. The highest BCUT2D eigenvalue weighted by Gasteiger charge is 2.15. The van der Waals surface area contributed by atoms with E-state index in [1.54, 1.807) is 6.07 Å². The lowest BCUT2D eigenvalue weighted by molar-refractivity contribution is -0.113. The second-order valence-corrected chi connectivity index (χ2v) is 8.74. The molecular formula is C18H20N4O3S2. The van der Waals surface area contributed by atoms with Gasteiger partial charge in [-0.1, -0.05) is 23.9 Å². The Kier molecular flexibility index (Phi) is 5.27. The number of amides is 1. The number of carbonyl (C=O) groups excluding carboxylic acids is 1. The summed E-state index contributed by atoms with van der Waals surface area (Å²) >= 11 is 1.28. The fraction of sp³-hybridized carbons (Fsp3) is 0.222. The molecule has 0 bridgehead atoms. The molecule has 3 rings (SSSR count). The van der Waals surface area contributed by atoms with Gasteiger partial charge in [0, 0.05) is 12.7 Å². The lowest BCUT2D eigenvalue weighted by Crippen LogP contribution is -2.15. The molecule has 1 heterocycles. The third-order valence-electron chi connectivity index (χ3n) is 4.35. The van der Waals surface area contributed by atoms with Crippen LogP contribution in [0.5, 0.6) is 0 Å². The predicted octanol–water partition coefficient (Wildman–Crippen LogP) is 2.57. The van der Waals surface area contributed by atoms with Gasteiger partial charge in [0.15, 0.2) is 5.16 Å². The molecule has 0 saturated carbocycles. The van der Waals surface area contributed by atoms with Crippen molar-refractivity contribution < 1.29 is 13.2 Å². The zero-order chi connectivity index (χ0) is 19.8. The maximum absolute atomic E-state index is 12.3. The van der Waals surface area contributed by atoms with Crippen LogP contribution in [0, 0.1) is 13.8 Å². The monoisotopic (exact) mass is 404 g/mol. The van der Waals surface area contributed by atoms with Crippen molar-refractivity contribution in [2.24, 2.45) is 12.2 Å². The number of nitrogens with two attached hydrogens (primary N) is 1. The normalized spacial score (nSPS) is 11.7. The van der Waals surface area contributed by atoms with E-state index in [4.69, 9.17) is 5.14 Å². The summed E-state index contributed by atoms with van der Waals surface area (Å²) in [7, 11) is -1.97.